The monoisotopic (exact) mass is 257 g/mol. The highest BCUT2D eigenvalue weighted by molar-refractivity contribution is 4.75. The van der Waals surface area contributed by atoms with Gasteiger partial charge in [-0.15, -0.1) is 0 Å². The predicted octanol–water partition coefficient (Wildman–Crippen LogP) is 4.57. The maximum atomic E-state index is 10.7. The van der Waals surface area contributed by atoms with E-state index in [1.807, 2.05) is 19.0 Å². The van der Waals surface area contributed by atoms with Crippen molar-refractivity contribution in [1.29, 1.82) is 0 Å². The molecule has 1 unspecified atom stereocenters. The van der Waals surface area contributed by atoms with E-state index in [0.29, 0.717) is 0 Å². The number of hydrogen-bond acceptors (Lipinski definition) is 2. The molecule has 0 aliphatic rings. The van der Waals surface area contributed by atoms with E-state index in [-0.39, 0.29) is 0 Å². The number of rotatable bonds is 12. The summed E-state index contributed by atoms with van der Waals surface area (Å²) in [6.45, 7) is 4.47. The molecule has 110 valence electrons. The molecule has 0 aliphatic heterocycles. The summed E-state index contributed by atoms with van der Waals surface area (Å²) in [6.07, 6.45) is 13.2. The highest BCUT2D eigenvalue weighted by Crippen LogP contribution is 2.24. The molecule has 1 N–H and O–H groups in total. The SMILES string of the molecule is CCCCCCCC(O)(CCCCCC)N(C)C. The van der Waals surface area contributed by atoms with Gasteiger partial charge >= 0.3 is 0 Å². The number of unbranched alkanes of at least 4 members (excludes halogenated alkanes) is 7. The number of nitrogens with zero attached hydrogens (tertiary/aromatic N) is 1. The van der Waals surface area contributed by atoms with Crippen molar-refractivity contribution in [3.05, 3.63) is 0 Å². The van der Waals surface area contributed by atoms with Crippen LogP contribution >= 0.6 is 0 Å². The van der Waals surface area contributed by atoms with Gasteiger partial charge in [0.1, 0.15) is 5.72 Å². The summed E-state index contributed by atoms with van der Waals surface area (Å²) in [4.78, 5) is 2.01. The van der Waals surface area contributed by atoms with Crippen LogP contribution in [0.3, 0.4) is 0 Å². The Hall–Kier alpha value is -0.0800. The first-order valence-electron chi connectivity index (χ1n) is 7.96. The van der Waals surface area contributed by atoms with E-state index in [1.165, 1.54) is 44.9 Å². The van der Waals surface area contributed by atoms with Gasteiger partial charge in [0.25, 0.3) is 0 Å². The minimum absolute atomic E-state index is 0.569. The van der Waals surface area contributed by atoms with Gasteiger partial charge in [0.15, 0.2) is 0 Å². The van der Waals surface area contributed by atoms with E-state index in [0.717, 1.165) is 25.7 Å². The third kappa shape index (κ3) is 8.10. The average Bonchev–Trinajstić information content (AvgIpc) is 2.34. The molecule has 0 aromatic carbocycles. The van der Waals surface area contributed by atoms with Crippen LogP contribution < -0.4 is 0 Å². The fourth-order valence-corrected chi connectivity index (χ4v) is 2.42. The van der Waals surface area contributed by atoms with Gasteiger partial charge in [-0.25, -0.2) is 0 Å². The van der Waals surface area contributed by atoms with Crippen LogP contribution in [0.2, 0.25) is 0 Å². The van der Waals surface area contributed by atoms with Gasteiger partial charge in [-0.1, -0.05) is 58.8 Å². The molecular weight excluding hydrogens is 222 g/mol. The Morgan fingerprint density at radius 2 is 1.11 bits per heavy atom. The second kappa shape index (κ2) is 10.8. The van der Waals surface area contributed by atoms with Crippen molar-refractivity contribution in [3.63, 3.8) is 0 Å². The molecule has 0 aliphatic carbocycles. The summed E-state index contributed by atoms with van der Waals surface area (Å²) in [7, 11) is 4.01. The first kappa shape index (κ1) is 17.9. The molecule has 0 heterocycles. The van der Waals surface area contributed by atoms with Gasteiger partial charge in [0.05, 0.1) is 0 Å². The highest BCUT2D eigenvalue weighted by atomic mass is 16.3. The van der Waals surface area contributed by atoms with Crippen molar-refractivity contribution in [1.82, 2.24) is 4.90 Å². The van der Waals surface area contributed by atoms with E-state index < -0.39 is 5.72 Å². The Morgan fingerprint density at radius 3 is 1.50 bits per heavy atom. The fraction of sp³-hybridized carbons (Fsp3) is 1.00. The molecule has 0 aromatic rings. The van der Waals surface area contributed by atoms with Crippen LogP contribution in [0.4, 0.5) is 0 Å². The van der Waals surface area contributed by atoms with Crippen LogP contribution in [-0.2, 0) is 0 Å². The lowest BCUT2D eigenvalue weighted by Crippen LogP contribution is -2.44. The van der Waals surface area contributed by atoms with Crippen molar-refractivity contribution >= 4 is 0 Å². The Labute approximate surface area is 115 Å². The van der Waals surface area contributed by atoms with E-state index in [1.54, 1.807) is 0 Å². The molecule has 0 aromatic heterocycles. The third-order valence-corrected chi connectivity index (χ3v) is 3.94. The molecule has 2 heteroatoms. The topological polar surface area (TPSA) is 23.5 Å². The maximum absolute atomic E-state index is 10.7. The summed E-state index contributed by atoms with van der Waals surface area (Å²) >= 11 is 0. The lowest BCUT2D eigenvalue weighted by atomic mass is 9.96. The van der Waals surface area contributed by atoms with Gasteiger partial charge in [-0.3, -0.25) is 4.90 Å². The summed E-state index contributed by atoms with van der Waals surface area (Å²) in [6, 6.07) is 0. The van der Waals surface area contributed by atoms with Gasteiger partial charge in [-0.2, -0.15) is 0 Å². The van der Waals surface area contributed by atoms with Crippen LogP contribution in [0.1, 0.15) is 84.5 Å². The molecule has 0 spiro atoms. The molecule has 0 bridgehead atoms. The third-order valence-electron chi connectivity index (χ3n) is 3.94. The molecule has 0 saturated heterocycles. The summed E-state index contributed by atoms with van der Waals surface area (Å²) in [5.41, 5.74) is -0.569. The molecule has 0 amide bonds. The number of aliphatic hydroxyl groups is 1. The minimum atomic E-state index is -0.569. The zero-order valence-electron chi connectivity index (χ0n) is 13.2. The Morgan fingerprint density at radius 1 is 0.722 bits per heavy atom. The van der Waals surface area contributed by atoms with Crippen molar-refractivity contribution in [2.24, 2.45) is 0 Å². The van der Waals surface area contributed by atoms with Gasteiger partial charge in [0, 0.05) is 0 Å². The molecule has 18 heavy (non-hydrogen) atoms. The van der Waals surface area contributed by atoms with Crippen molar-refractivity contribution in [3.8, 4) is 0 Å². The lowest BCUT2D eigenvalue weighted by molar-refractivity contribution is -0.0977. The molecule has 1 atom stereocenters. The lowest BCUT2D eigenvalue weighted by Gasteiger charge is -2.35. The molecule has 0 radical (unpaired) electrons. The molecule has 0 fully saturated rings. The van der Waals surface area contributed by atoms with Gasteiger partial charge in [-0.05, 0) is 39.8 Å². The summed E-state index contributed by atoms with van der Waals surface area (Å²) < 4.78 is 0. The Balaban J connectivity index is 3.86. The van der Waals surface area contributed by atoms with Gasteiger partial charge in [0.2, 0.25) is 0 Å². The number of hydrogen-bond donors (Lipinski definition) is 1. The zero-order valence-corrected chi connectivity index (χ0v) is 13.2. The normalized spacial score (nSPS) is 15.0. The van der Waals surface area contributed by atoms with E-state index in [9.17, 15) is 5.11 Å². The van der Waals surface area contributed by atoms with E-state index in [2.05, 4.69) is 13.8 Å². The summed E-state index contributed by atoms with van der Waals surface area (Å²) in [5, 5.41) is 10.7. The highest BCUT2D eigenvalue weighted by Gasteiger charge is 2.27. The Bertz CT molecular complexity index is 182. The van der Waals surface area contributed by atoms with Crippen molar-refractivity contribution in [2.45, 2.75) is 90.2 Å². The largest absolute Gasteiger partial charge is 0.376 e. The fourth-order valence-electron chi connectivity index (χ4n) is 2.42. The van der Waals surface area contributed by atoms with Crippen LogP contribution in [0.25, 0.3) is 0 Å². The quantitative estimate of drug-likeness (QED) is 0.409. The van der Waals surface area contributed by atoms with E-state index >= 15 is 0 Å². The molecule has 0 rings (SSSR count). The Kier molecular flexibility index (Phi) is 10.8. The molecular formula is C16H35NO. The van der Waals surface area contributed by atoms with Crippen molar-refractivity contribution < 1.29 is 5.11 Å². The first-order valence-corrected chi connectivity index (χ1v) is 7.96. The van der Waals surface area contributed by atoms with Crippen molar-refractivity contribution in [2.75, 3.05) is 14.1 Å². The smallest absolute Gasteiger partial charge is 0.118 e. The minimum Gasteiger partial charge on any atom is -0.376 e. The van der Waals surface area contributed by atoms with Crippen LogP contribution in [-0.4, -0.2) is 29.8 Å². The maximum Gasteiger partial charge on any atom is 0.118 e. The van der Waals surface area contributed by atoms with Crippen LogP contribution in [0.15, 0.2) is 0 Å². The second-order valence-corrected chi connectivity index (χ2v) is 5.85. The zero-order chi connectivity index (χ0) is 13.9. The molecule has 0 saturated carbocycles. The van der Waals surface area contributed by atoms with E-state index in [4.69, 9.17) is 0 Å². The van der Waals surface area contributed by atoms with Gasteiger partial charge < -0.3 is 5.11 Å². The standard InChI is InChI=1S/C16H35NO/c1-5-7-9-11-13-15-16(18,17(3)4)14-12-10-8-6-2/h18H,5-15H2,1-4H3. The molecule has 2 nitrogen and oxygen atoms in total. The second-order valence-electron chi connectivity index (χ2n) is 5.85. The van der Waals surface area contributed by atoms with Crippen LogP contribution in [0.5, 0.6) is 0 Å². The summed E-state index contributed by atoms with van der Waals surface area (Å²) in [5.74, 6) is 0. The average molecular weight is 257 g/mol. The first-order chi connectivity index (χ1) is 8.56. The van der Waals surface area contributed by atoms with Crippen LogP contribution in [0, 0.1) is 0 Å². The predicted molar refractivity (Wildman–Crippen MR) is 80.8 cm³/mol.